The van der Waals surface area contributed by atoms with Crippen LogP contribution >= 0.6 is 0 Å². The smallest absolute Gasteiger partial charge is 0.264 e. The molecule has 3 rings (SSSR count). The van der Waals surface area contributed by atoms with Gasteiger partial charge in [-0.25, -0.2) is 0 Å². The quantitative estimate of drug-likeness (QED) is 0.475. The number of rotatable bonds is 6. The van der Waals surface area contributed by atoms with E-state index in [1.54, 1.807) is 6.92 Å². The van der Waals surface area contributed by atoms with Crippen LogP contribution in [0, 0.1) is 0 Å². The van der Waals surface area contributed by atoms with Gasteiger partial charge in [0.05, 0.1) is 12.6 Å². The summed E-state index contributed by atoms with van der Waals surface area (Å²) in [5.41, 5.74) is 7.89. The highest BCUT2D eigenvalue weighted by molar-refractivity contribution is 5.83. The van der Waals surface area contributed by atoms with Crippen LogP contribution in [0.4, 0.5) is 0 Å². The Morgan fingerprint density at radius 1 is 1.27 bits per heavy atom. The van der Waals surface area contributed by atoms with E-state index in [9.17, 15) is 4.79 Å². The molecule has 1 amide bonds. The van der Waals surface area contributed by atoms with Gasteiger partial charge >= 0.3 is 0 Å². The van der Waals surface area contributed by atoms with Crippen LogP contribution < -0.4 is 15.8 Å². The summed E-state index contributed by atoms with van der Waals surface area (Å²) in [4.78, 5) is 17.7. The fraction of sp³-hybridized carbons (Fsp3) is 0.300. The van der Waals surface area contributed by atoms with Crippen LogP contribution in [-0.2, 0) is 16.1 Å². The number of nitrogens with zero attached hydrogens (tertiary/aromatic N) is 1. The third-order valence-electron chi connectivity index (χ3n) is 4.20. The third kappa shape index (κ3) is 4.53. The number of benzene rings is 2. The Kier molecular flexibility index (Phi) is 5.73. The molecule has 6 heteroatoms. The van der Waals surface area contributed by atoms with Gasteiger partial charge in [0.2, 0.25) is 6.10 Å². The molecule has 0 aromatic heterocycles. The number of nitrogens with two attached hydrogens (primary N) is 1. The molecule has 136 valence electrons. The predicted molar refractivity (Wildman–Crippen MR) is 99.8 cm³/mol. The first-order chi connectivity index (χ1) is 12.6. The molecule has 0 spiro atoms. The minimum absolute atomic E-state index is 0.0934. The molecule has 3 N–H and O–H groups in total. The second kappa shape index (κ2) is 8.38. The molecular weight excluding hydrogens is 330 g/mol. The number of ether oxygens (including phenoxy) is 1. The van der Waals surface area contributed by atoms with Gasteiger partial charge < -0.3 is 20.6 Å². The molecule has 0 aliphatic carbocycles. The fourth-order valence-corrected chi connectivity index (χ4v) is 2.81. The average Bonchev–Trinajstić information content (AvgIpc) is 2.67. The lowest BCUT2D eigenvalue weighted by Crippen LogP contribution is -2.38. The van der Waals surface area contributed by atoms with Crippen molar-refractivity contribution in [3.05, 3.63) is 65.7 Å². The zero-order valence-corrected chi connectivity index (χ0v) is 14.7. The summed E-state index contributed by atoms with van der Waals surface area (Å²) in [6.45, 7) is 2.22. The first-order valence-electron chi connectivity index (χ1n) is 8.67. The zero-order valence-electron chi connectivity index (χ0n) is 14.7. The summed E-state index contributed by atoms with van der Waals surface area (Å²) in [7, 11) is 0. The Bertz CT molecular complexity index is 777. The van der Waals surface area contributed by atoms with Gasteiger partial charge in [0.1, 0.15) is 11.6 Å². The van der Waals surface area contributed by atoms with Gasteiger partial charge in [0.15, 0.2) is 0 Å². The number of amidine groups is 1. The molecule has 6 nitrogen and oxygen atoms in total. The number of carbonyl (C=O) groups excluding carboxylic acids is 1. The molecule has 2 atom stereocenters. The highest BCUT2D eigenvalue weighted by Crippen LogP contribution is 2.31. The minimum atomic E-state index is -0.737. The average molecular weight is 353 g/mol. The van der Waals surface area contributed by atoms with E-state index in [1.807, 2.05) is 54.6 Å². The Balaban J connectivity index is 1.54. The van der Waals surface area contributed by atoms with Gasteiger partial charge in [-0.3, -0.25) is 4.79 Å². The Morgan fingerprint density at radius 2 is 2.00 bits per heavy atom. The van der Waals surface area contributed by atoms with Crippen LogP contribution in [0.1, 0.15) is 30.5 Å². The first kappa shape index (κ1) is 17.8. The van der Waals surface area contributed by atoms with Gasteiger partial charge in [-0.2, -0.15) is 0 Å². The maximum Gasteiger partial charge on any atom is 0.264 e. The predicted octanol–water partition coefficient (Wildman–Crippen LogP) is 2.55. The molecule has 0 fully saturated rings. The van der Waals surface area contributed by atoms with Crippen LogP contribution in [0.5, 0.6) is 5.75 Å². The van der Waals surface area contributed by atoms with Crippen molar-refractivity contribution in [2.45, 2.75) is 31.9 Å². The van der Waals surface area contributed by atoms with Crippen LogP contribution in [0.25, 0.3) is 0 Å². The van der Waals surface area contributed by atoms with Gasteiger partial charge in [-0.1, -0.05) is 53.7 Å². The lowest BCUT2D eigenvalue weighted by atomic mass is 10.0. The van der Waals surface area contributed by atoms with E-state index in [0.29, 0.717) is 18.9 Å². The van der Waals surface area contributed by atoms with Crippen molar-refractivity contribution in [3.8, 4) is 5.75 Å². The number of oxime groups is 1. The molecule has 2 aromatic rings. The van der Waals surface area contributed by atoms with Gasteiger partial charge in [0, 0.05) is 18.4 Å². The molecular formula is C20H23N3O3. The molecule has 26 heavy (non-hydrogen) atoms. The summed E-state index contributed by atoms with van der Waals surface area (Å²) in [5.74, 6) is 0.901. The van der Waals surface area contributed by atoms with Crippen LogP contribution in [0.3, 0.4) is 0 Å². The van der Waals surface area contributed by atoms with Crippen molar-refractivity contribution in [1.29, 1.82) is 0 Å². The summed E-state index contributed by atoms with van der Waals surface area (Å²) in [5, 5.41) is 6.88. The maximum atomic E-state index is 12.4. The van der Waals surface area contributed by atoms with E-state index in [0.717, 1.165) is 23.3 Å². The normalized spacial score (nSPS) is 17.6. The Morgan fingerprint density at radius 3 is 2.81 bits per heavy atom. The molecule has 2 unspecified atom stereocenters. The van der Waals surface area contributed by atoms with Gasteiger partial charge in [0.25, 0.3) is 5.91 Å². The molecule has 0 saturated carbocycles. The van der Waals surface area contributed by atoms with Gasteiger partial charge in [-0.15, -0.1) is 0 Å². The Hall–Kier alpha value is -3.02. The summed E-state index contributed by atoms with van der Waals surface area (Å²) < 4.78 is 5.61. The van der Waals surface area contributed by atoms with Crippen molar-refractivity contribution >= 4 is 11.7 Å². The maximum absolute atomic E-state index is 12.4. The summed E-state index contributed by atoms with van der Waals surface area (Å²) in [6.07, 6.45) is 0.455. The molecule has 1 aliphatic heterocycles. The number of hydrogen-bond acceptors (Lipinski definition) is 4. The number of para-hydroxylation sites is 1. The summed E-state index contributed by atoms with van der Waals surface area (Å²) in [6, 6.07) is 17.3. The minimum Gasteiger partial charge on any atom is -0.493 e. The van der Waals surface area contributed by atoms with E-state index < -0.39 is 6.10 Å². The van der Waals surface area contributed by atoms with E-state index in [-0.39, 0.29) is 11.9 Å². The largest absolute Gasteiger partial charge is 0.493 e. The molecule has 1 aliphatic rings. The SMILES string of the molecule is CC(ON=C(N)Cc1ccccc1)C(=O)NC1CCOc2ccccc21. The lowest BCUT2D eigenvalue weighted by molar-refractivity contribution is -0.132. The van der Waals surface area contributed by atoms with Crippen LogP contribution in [0.2, 0.25) is 0 Å². The van der Waals surface area contributed by atoms with E-state index in [4.69, 9.17) is 15.3 Å². The first-order valence-corrected chi connectivity index (χ1v) is 8.67. The van der Waals surface area contributed by atoms with Crippen molar-refractivity contribution in [2.24, 2.45) is 10.9 Å². The molecule has 1 heterocycles. The highest BCUT2D eigenvalue weighted by Gasteiger charge is 2.25. The number of carbonyl (C=O) groups is 1. The second-order valence-electron chi connectivity index (χ2n) is 6.23. The van der Waals surface area contributed by atoms with Gasteiger partial charge in [-0.05, 0) is 18.6 Å². The van der Waals surface area contributed by atoms with Crippen LogP contribution in [-0.4, -0.2) is 24.5 Å². The van der Waals surface area contributed by atoms with E-state index in [2.05, 4.69) is 10.5 Å². The molecule has 0 radical (unpaired) electrons. The Labute approximate surface area is 153 Å². The van der Waals surface area contributed by atoms with Crippen molar-refractivity contribution in [1.82, 2.24) is 5.32 Å². The van der Waals surface area contributed by atoms with E-state index in [1.165, 1.54) is 0 Å². The van der Waals surface area contributed by atoms with Crippen molar-refractivity contribution in [2.75, 3.05) is 6.61 Å². The highest BCUT2D eigenvalue weighted by atomic mass is 16.6. The van der Waals surface area contributed by atoms with Crippen molar-refractivity contribution < 1.29 is 14.4 Å². The fourth-order valence-electron chi connectivity index (χ4n) is 2.81. The topological polar surface area (TPSA) is 85.9 Å². The van der Waals surface area contributed by atoms with Crippen molar-refractivity contribution in [3.63, 3.8) is 0 Å². The number of fused-ring (bicyclic) bond motifs is 1. The number of hydrogen-bond donors (Lipinski definition) is 2. The third-order valence-corrected chi connectivity index (χ3v) is 4.20. The van der Waals surface area contributed by atoms with Crippen LogP contribution in [0.15, 0.2) is 59.8 Å². The number of nitrogens with one attached hydrogen (secondary N) is 1. The lowest BCUT2D eigenvalue weighted by Gasteiger charge is -2.27. The number of amides is 1. The monoisotopic (exact) mass is 353 g/mol. The van der Waals surface area contributed by atoms with E-state index >= 15 is 0 Å². The molecule has 2 aromatic carbocycles. The molecule has 0 bridgehead atoms. The summed E-state index contributed by atoms with van der Waals surface area (Å²) >= 11 is 0. The zero-order chi connectivity index (χ0) is 18.4. The molecule has 0 saturated heterocycles. The standard InChI is InChI=1S/C20H23N3O3/c1-14(26-23-19(21)13-15-7-3-2-4-8-15)20(24)22-17-11-12-25-18-10-6-5-9-16(17)18/h2-10,14,17H,11-13H2,1H3,(H2,21,23)(H,22,24). The second-order valence-corrected chi connectivity index (χ2v) is 6.23.